The van der Waals surface area contributed by atoms with E-state index in [4.69, 9.17) is 0 Å². The van der Waals surface area contributed by atoms with Crippen molar-refractivity contribution in [1.82, 2.24) is 0 Å². The van der Waals surface area contributed by atoms with Crippen molar-refractivity contribution in [2.45, 2.75) is 58.3 Å². The third kappa shape index (κ3) is 11.4. The van der Waals surface area contributed by atoms with E-state index in [1.165, 1.54) is 44.9 Å². The van der Waals surface area contributed by atoms with Gasteiger partial charge in [0.25, 0.3) is 0 Å². The highest BCUT2D eigenvalue weighted by Gasteiger charge is 1.91. The molecule has 81 valence electrons. The molecule has 0 heterocycles. The molecule has 0 N–H and O–H groups in total. The van der Waals surface area contributed by atoms with Gasteiger partial charge in [0.2, 0.25) is 6.08 Å². The van der Waals surface area contributed by atoms with E-state index < -0.39 is 0 Å². The summed E-state index contributed by atoms with van der Waals surface area (Å²) < 4.78 is 0. The van der Waals surface area contributed by atoms with Crippen molar-refractivity contribution in [3.8, 4) is 0 Å². The lowest BCUT2D eigenvalue weighted by Crippen LogP contribution is -1.84. The van der Waals surface area contributed by atoms with E-state index in [0.717, 1.165) is 6.42 Å². The first-order valence-corrected chi connectivity index (χ1v) is 5.77. The Morgan fingerprint density at radius 2 is 1.79 bits per heavy atom. The summed E-state index contributed by atoms with van der Waals surface area (Å²) in [4.78, 5) is 13.2. The number of hydrogen-bond donors (Lipinski definition) is 0. The molecule has 0 aromatic carbocycles. The highest BCUT2D eigenvalue weighted by Crippen LogP contribution is 2.08. The van der Waals surface area contributed by atoms with Crippen LogP contribution in [0.3, 0.4) is 0 Å². The molecule has 0 rings (SSSR count). The van der Waals surface area contributed by atoms with Crippen LogP contribution < -0.4 is 0 Å². The normalized spacial score (nSPS) is 9.79. The summed E-state index contributed by atoms with van der Waals surface area (Å²) in [6.45, 7) is 2.85. The minimum absolute atomic E-state index is 0.610. The Balaban J connectivity index is 2.88. The van der Waals surface area contributed by atoms with Crippen molar-refractivity contribution in [1.29, 1.82) is 0 Å². The summed E-state index contributed by atoms with van der Waals surface area (Å²) in [6.07, 6.45) is 13.9. The Bertz CT molecular complexity index is 150. The van der Waals surface area contributed by atoms with Crippen molar-refractivity contribution in [3.63, 3.8) is 0 Å². The summed E-state index contributed by atoms with van der Waals surface area (Å²) >= 11 is 0. The Morgan fingerprint density at radius 3 is 2.50 bits per heavy atom. The molecule has 0 fully saturated rings. The van der Waals surface area contributed by atoms with E-state index in [0.29, 0.717) is 6.54 Å². The Labute approximate surface area is 87.8 Å². The van der Waals surface area contributed by atoms with Crippen LogP contribution in [0.25, 0.3) is 0 Å². The molecule has 2 heteroatoms. The molecule has 0 aliphatic heterocycles. The number of unbranched alkanes of at least 4 members (excludes halogenated alkanes) is 8. The van der Waals surface area contributed by atoms with Gasteiger partial charge in [-0.25, -0.2) is 9.79 Å². The van der Waals surface area contributed by atoms with Gasteiger partial charge >= 0.3 is 0 Å². The standard InChI is InChI=1S/C12H22NO/c1-2-3-4-5-6-7-8-9-10-11-13-12-14/h9H,2-8,10-11H2,1H3. The van der Waals surface area contributed by atoms with Crippen LogP contribution in [0.5, 0.6) is 0 Å². The van der Waals surface area contributed by atoms with E-state index in [2.05, 4.69) is 18.3 Å². The zero-order chi connectivity index (χ0) is 10.5. The van der Waals surface area contributed by atoms with Crippen LogP contribution in [0.15, 0.2) is 4.99 Å². The van der Waals surface area contributed by atoms with Crippen LogP contribution >= 0.6 is 0 Å². The first-order valence-electron chi connectivity index (χ1n) is 5.77. The Kier molecular flexibility index (Phi) is 11.8. The highest BCUT2D eigenvalue weighted by molar-refractivity contribution is 5.32. The van der Waals surface area contributed by atoms with Crippen molar-refractivity contribution in [3.05, 3.63) is 6.42 Å². The van der Waals surface area contributed by atoms with Gasteiger partial charge in [0.1, 0.15) is 0 Å². The number of nitrogens with zero attached hydrogens (tertiary/aromatic N) is 1. The zero-order valence-corrected chi connectivity index (χ0v) is 9.30. The van der Waals surface area contributed by atoms with E-state index in [-0.39, 0.29) is 0 Å². The minimum atomic E-state index is 0.610. The van der Waals surface area contributed by atoms with Gasteiger partial charge in [-0.3, -0.25) is 0 Å². The van der Waals surface area contributed by atoms with Gasteiger partial charge < -0.3 is 0 Å². The molecule has 0 aromatic rings. The molecule has 0 spiro atoms. The second kappa shape index (κ2) is 12.4. The lowest BCUT2D eigenvalue weighted by molar-refractivity contribution is 0.562. The largest absolute Gasteiger partial charge is 0.234 e. The predicted molar refractivity (Wildman–Crippen MR) is 59.9 cm³/mol. The number of hydrogen-bond acceptors (Lipinski definition) is 2. The molecule has 0 saturated carbocycles. The third-order valence-corrected chi connectivity index (χ3v) is 2.27. The summed E-state index contributed by atoms with van der Waals surface area (Å²) in [7, 11) is 0. The molecule has 0 bridgehead atoms. The van der Waals surface area contributed by atoms with Gasteiger partial charge in [0.15, 0.2) is 0 Å². The first kappa shape index (κ1) is 13.4. The first-order chi connectivity index (χ1) is 6.91. The molecule has 2 nitrogen and oxygen atoms in total. The molecule has 0 aliphatic carbocycles. The van der Waals surface area contributed by atoms with Crippen LogP contribution in [0.1, 0.15) is 58.3 Å². The number of carbonyl (C=O) groups excluding carboxylic acids is 1. The molecule has 0 atom stereocenters. The molecule has 0 aliphatic rings. The highest BCUT2D eigenvalue weighted by atomic mass is 16.1. The van der Waals surface area contributed by atoms with Crippen molar-refractivity contribution < 1.29 is 4.79 Å². The topological polar surface area (TPSA) is 29.4 Å². The second-order valence-electron chi connectivity index (χ2n) is 3.61. The van der Waals surface area contributed by atoms with E-state index in [9.17, 15) is 4.79 Å². The van der Waals surface area contributed by atoms with Gasteiger partial charge in [-0.1, -0.05) is 51.9 Å². The fourth-order valence-electron chi connectivity index (χ4n) is 1.41. The fourth-order valence-corrected chi connectivity index (χ4v) is 1.41. The molecule has 0 amide bonds. The molecule has 0 aromatic heterocycles. The molecular formula is C12H22NO. The van der Waals surface area contributed by atoms with Crippen LogP contribution in [0.4, 0.5) is 0 Å². The molecular weight excluding hydrogens is 174 g/mol. The van der Waals surface area contributed by atoms with E-state index >= 15 is 0 Å². The Hall–Kier alpha value is -0.620. The van der Waals surface area contributed by atoms with E-state index in [1.54, 1.807) is 6.08 Å². The van der Waals surface area contributed by atoms with Crippen LogP contribution in [0, 0.1) is 6.42 Å². The summed E-state index contributed by atoms with van der Waals surface area (Å²) in [5.74, 6) is 0. The number of rotatable bonds is 10. The maximum absolute atomic E-state index is 9.73. The Morgan fingerprint density at radius 1 is 1.07 bits per heavy atom. The van der Waals surface area contributed by atoms with Gasteiger partial charge in [0, 0.05) is 0 Å². The smallest absolute Gasteiger partial charge is 0.211 e. The zero-order valence-electron chi connectivity index (χ0n) is 9.30. The van der Waals surface area contributed by atoms with Gasteiger partial charge in [-0.15, -0.1) is 0 Å². The maximum atomic E-state index is 9.73. The molecule has 1 radical (unpaired) electrons. The quantitative estimate of drug-likeness (QED) is 0.298. The van der Waals surface area contributed by atoms with Crippen molar-refractivity contribution >= 4 is 6.08 Å². The minimum Gasteiger partial charge on any atom is -0.211 e. The van der Waals surface area contributed by atoms with Crippen molar-refractivity contribution in [2.24, 2.45) is 4.99 Å². The molecule has 0 unspecified atom stereocenters. The lowest BCUT2D eigenvalue weighted by Gasteiger charge is -1.99. The van der Waals surface area contributed by atoms with Gasteiger partial charge in [-0.2, -0.15) is 0 Å². The predicted octanol–water partition coefficient (Wildman–Crippen LogP) is 3.67. The van der Waals surface area contributed by atoms with Crippen LogP contribution in [-0.2, 0) is 4.79 Å². The van der Waals surface area contributed by atoms with Crippen molar-refractivity contribution in [2.75, 3.05) is 6.54 Å². The summed E-state index contributed by atoms with van der Waals surface area (Å²) in [5, 5.41) is 0. The van der Waals surface area contributed by atoms with Crippen LogP contribution in [0.2, 0.25) is 0 Å². The maximum Gasteiger partial charge on any atom is 0.234 e. The van der Waals surface area contributed by atoms with Gasteiger partial charge in [0.05, 0.1) is 6.54 Å². The average Bonchev–Trinajstić information content (AvgIpc) is 2.21. The molecule has 0 saturated heterocycles. The number of aliphatic imine (C=N–C) groups is 1. The summed E-state index contributed by atoms with van der Waals surface area (Å²) in [5.41, 5.74) is 0. The average molecular weight is 196 g/mol. The lowest BCUT2D eigenvalue weighted by atomic mass is 10.1. The monoisotopic (exact) mass is 196 g/mol. The molecule has 14 heavy (non-hydrogen) atoms. The fraction of sp³-hybridized carbons (Fsp3) is 0.833. The second-order valence-corrected chi connectivity index (χ2v) is 3.61. The summed E-state index contributed by atoms with van der Waals surface area (Å²) in [6, 6.07) is 0. The SMILES string of the molecule is CCCCCCCC[CH]CCN=C=O. The third-order valence-electron chi connectivity index (χ3n) is 2.27. The van der Waals surface area contributed by atoms with E-state index in [1.807, 2.05) is 0 Å². The van der Waals surface area contributed by atoms with Crippen LogP contribution in [-0.4, -0.2) is 12.6 Å². The van der Waals surface area contributed by atoms with Gasteiger partial charge in [-0.05, 0) is 12.8 Å². The number of isocyanates is 1.